The Labute approximate surface area is 125 Å². The Morgan fingerprint density at radius 2 is 2.00 bits per heavy atom. The molecule has 112 valence electrons. The number of furan rings is 1. The predicted molar refractivity (Wildman–Crippen MR) is 81.3 cm³/mol. The normalized spacial score (nSPS) is 10.4. The quantitative estimate of drug-likeness (QED) is 0.786. The number of hydrogen-bond donors (Lipinski definition) is 0. The molecule has 0 bridgehead atoms. The smallest absolute Gasteiger partial charge is 0.222 e. The number of ether oxygens (including phenoxy) is 1. The third kappa shape index (κ3) is 4.99. The van der Waals surface area contributed by atoms with E-state index in [1.165, 1.54) is 5.56 Å². The van der Waals surface area contributed by atoms with E-state index in [9.17, 15) is 4.79 Å². The van der Waals surface area contributed by atoms with Crippen LogP contribution in [0.25, 0.3) is 0 Å². The zero-order valence-corrected chi connectivity index (χ0v) is 12.5. The van der Waals surface area contributed by atoms with Gasteiger partial charge in [0.25, 0.3) is 0 Å². The van der Waals surface area contributed by atoms with Gasteiger partial charge in [0, 0.05) is 19.9 Å². The zero-order valence-electron chi connectivity index (χ0n) is 12.5. The Morgan fingerprint density at radius 1 is 1.24 bits per heavy atom. The lowest BCUT2D eigenvalue weighted by molar-refractivity contribution is -0.130. The zero-order chi connectivity index (χ0) is 15.1. The summed E-state index contributed by atoms with van der Waals surface area (Å²) in [6.45, 7) is 3.10. The van der Waals surface area contributed by atoms with E-state index in [1.807, 2.05) is 43.3 Å². The van der Waals surface area contributed by atoms with Crippen LogP contribution in [0, 0.1) is 6.92 Å². The number of likely N-dealkylation sites (N-methyl/N-ethyl adjacent to an activating group) is 1. The highest BCUT2D eigenvalue weighted by Crippen LogP contribution is 2.11. The second-order valence-corrected chi connectivity index (χ2v) is 5.06. The molecule has 1 heterocycles. The lowest BCUT2D eigenvalue weighted by Gasteiger charge is -2.17. The molecular weight excluding hydrogens is 266 g/mol. The molecule has 4 heteroatoms. The number of nitrogens with zero attached hydrogens (tertiary/aromatic N) is 1. The van der Waals surface area contributed by atoms with Crippen LogP contribution in [0.2, 0.25) is 0 Å². The summed E-state index contributed by atoms with van der Waals surface area (Å²) in [5, 5.41) is 0. The fraction of sp³-hybridized carbons (Fsp3) is 0.353. The molecule has 21 heavy (non-hydrogen) atoms. The van der Waals surface area contributed by atoms with Crippen molar-refractivity contribution in [1.29, 1.82) is 0 Å². The average Bonchev–Trinajstić information content (AvgIpc) is 3.00. The summed E-state index contributed by atoms with van der Waals surface area (Å²) in [6, 6.07) is 11.6. The third-order valence-corrected chi connectivity index (χ3v) is 3.31. The van der Waals surface area contributed by atoms with Crippen LogP contribution in [0.15, 0.2) is 47.1 Å². The van der Waals surface area contributed by atoms with Gasteiger partial charge in [-0.15, -0.1) is 0 Å². The summed E-state index contributed by atoms with van der Waals surface area (Å²) in [6.07, 6.45) is 2.71. The summed E-state index contributed by atoms with van der Waals surface area (Å²) < 4.78 is 10.8. The highest BCUT2D eigenvalue weighted by atomic mass is 16.5. The molecule has 0 spiro atoms. The summed E-state index contributed by atoms with van der Waals surface area (Å²) in [5.74, 6) is 1.77. The van der Waals surface area contributed by atoms with Crippen LogP contribution in [0.1, 0.15) is 17.7 Å². The number of benzene rings is 1. The number of carbonyl (C=O) groups excluding carboxylic acids is 1. The van der Waals surface area contributed by atoms with Gasteiger partial charge in [-0.3, -0.25) is 4.79 Å². The fourth-order valence-electron chi connectivity index (χ4n) is 1.94. The molecule has 0 saturated carbocycles. The van der Waals surface area contributed by atoms with Gasteiger partial charge in [0.05, 0.1) is 12.8 Å². The van der Waals surface area contributed by atoms with Gasteiger partial charge < -0.3 is 14.1 Å². The monoisotopic (exact) mass is 287 g/mol. The van der Waals surface area contributed by atoms with Gasteiger partial charge in [0.15, 0.2) is 0 Å². The molecule has 0 N–H and O–H groups in total. The van der Waals surface area contributed by atoms with Crippen molar-refractivity contribution in [2.24, 2.45) is 0 Å². The van der Waals surface area contributed by atoms with Crippen LogP contribution >= 0.6 is 0 Å². The van der Waals surface area contributed by atoms with Gasteiger partial charge >= 0.3 is 0 Å². The van der Waals surface area contributed by atoms with Gasteiger partial charge in [-0.25, -0.2) is 0 Å². The summed E-state index contributed by atoms with van der Waals surface area (Å²) in [4.78, 5) is 13.6. The third-order valence-electron chi connectivity index (χ3n) is 3.31. The van der Waals surface area contributed by atoms with Gasteiger partial charge in [-0.05, 0) is 31.2 Å². The second-order valence-electron chi connectivity index (χ2n) is 5.06. The molecular formula is C17H21NO3. The molecule has 1 amide bonds. The Morgan fingerprint density at radius 3 is 2.67 bits per heavy atom. The molecule has 0 unspecified atom stereocenters. The van der Waals surface area contributed by atoms with E-state index in [1.54, 1.807) is 18.2 Å². The minimum atomic E-state index is 0.0962. The first kappa shape index (κ1) is 15.2. The number of rotatable bonds is 7. The first-order valence-electron chi connectivity index (χ1n) is 7.11. The largest absolute Gasteiger partial charge is 0.492 e. The number of carbonyl (C=O) groups is 1. The van der Waals surface area contributed by atoms with Gasteiger partial charge in [0.2, 0.25) is 5.91 Å². The van der Waals surface area contributed by atoms with Gasteiger partial charge in [0.1, 0.15) is 18.1 Å². The summed E-state index contributed by atoms with van der Waals surface area (Å²) in [5.41, 5.74) is 1.20. The van der Waals surface area contributed by atoms with Crippen molar-refractivity contribution >= 4 is 5.91 Å². The minimum absolute atomic E-state index is 0.0962. The topological polar surface area (TPSA) is 42.7 Å². The Balaban J connectivity index is 1.67. The molecule has 0 fully saturated rings. The predicted octanol–water partition coefficient (Wildman–Crippen LogP) is 3.06. The first-order valence-corrected chi connectivity index (χ1v) is 7.11. The Hall–Kier alpha value is -2.23. The van der Waals surface area contributed by atoms with E-state index in [2.05, 4.69) is 0 Å². The van der Waals surface area contributed by atoms with Gasteiger partial charge in [-0.2, -0.15) is 0 Å². The maximum absolute atomic E-state index is 12.0. The molecule has 0 aliphatic rings. The standard InChI is InChI=1S/C17H21NO3/c1-14-5-7-16(8-6-14)21-13-11-18(2)17(19)10-9-15-4-3-12-20-15/h3-8,12H,9-11,13H2,1-2H3. The highest BCUT2D eigenvalue weighted by Gasteiger charge is 2.09. The number of aryl methyl sites for hydroxylation is 2. The van der Waals surface area contributed by atoms with Crippen LogP contribution in [0.4, 0.5) is 0 Å². The van der Waals surface area contributed by atoms with Crippen molar-refractivity contribution in [2.45, 2.75) is 19.8 Å². The molecule has 1 aromatic heterocycles. The molecule has 0 radical (unpaired) electrons. The summed E-state index contributed by atoms with van der Waals surface area (Å²) in [7, 11) is 1.79. The summed E-state index contributed by atoms with van der Waals surface area (Å²) >= 11 is 0. The molecule has 0 atom stereocenters. The van der Waals surface area contributed by atoms with Crippen LogP contribution in [-0.2, 0) is 11.2 Å². The Bertz CT molecular complexity index is 546. The maximum Gasteiger partial charge on any atom is 0.222 e. The van der Waals surface area contributed by atoms with Crippen molar-refractivity contribution < 1.29 is 13.9 Å². The SMILES string of the molecule is Cc1ccc(OCCN(C)C(=O)CCc2ccco2)cc1. The minimum Gasteiger partial charge on any atom is -0.492 e. The molecule has 4 nitrogen and oxygen atoms in total. The van der Waals surface area contributed by atoms with Crippen molar-refractivity contribution in [1.82, 2.24) is 4.90 Å². The van der Waals surface area contributed by atoms with Crippen LogP contribution in [0.3, 0.4) is 0 Å². The highest BCUT2D eigenvalue weighted by molar-refractivity contribution is 5.76. The van der Waals surface area contributed by atoms with Crippen LogP contribution < -0.4 is 4.74 Å². The van der Waals surface area contributed by atoms with Crippen molar-refractivity contribution in [3.63, 3.8) is 0 Å². The molecule has 2 aromatic rings. The number of hydrogen-bond acceptors (Lipinski definition) is 3. The van der Waals surface area contributed by atoms with E-state index in [4.69, 9.17) is 9.15 Å². The van der Waals surface area contributed by atoms with E-state index in [0.717, 1.165) is 11.5 Å². The number of amides is 1. The van der Waals surface area contributed by atoms with Crippen LogP contribution in [-0.4, -0.2) is 31.0 Å². The molecule has 2 rings (SSSR count). The molecule has 1 aromatic carbocycles. The molecule has 0 aliphatic carbocycles. The lowest BCUT2D eigenvalue weighted by atomic mass is 10.2. The lowest BCUT2D eigenvalue weighted by Crippen LogP contribution is -2.31. The second kappa shape index (κ2) is 7.53. The average molecular weight is 287 g/mol. The first-order chi connectivity index (χ1) is 10.1. The van der Waals surface area contributed by atoms with E-state index in [-0.39, 0.29) is 5.91 Å². The van der Waals surface area contributed by atoms with Crippen LogP contribution in [0.5, 0.6) is 5.75 Å². The van der Waals surface area contributed by atoms with Crippen molar-refractivity contribution in [3.8, 4) is 5.75 Å². The van der Waals surface area contributed by atoms with E-state index in [0.29, 0.717) is 26.0 Å². The van der Waals surface area contributed by atoms with Crippen molar-refractivity contribution in [2.75, 3.05) is 20.2 Å². The van der Waals surface area contributed by atoms with Gasteiger partial charge in [-0.1, -0.05) is 17.7 Å². The van der Waals surface area contributed by atoms with E-state index >= 15 is 0 Å². The van der Waals surface area contributed by atoms with Crippen molar-refractivity contribution in [3.05, 3.63) is 54.0 Å². The Kier molecular flexibility index (Phi) is 5.43. The van der Waals surface area contributed by atoms with E-state index < -0.39 is 0 Å². The molecule has 0 aliphatic heterocycles. The molecule has 0 saturated heterocycles. The maximum atomic E-state index is 12.0. The fourth-order valence-corrected chi connectivity index (χ4v) is 1.94.